The Morgan fingerprint density at radius 1 is 1.18 bits per heavy atom. The van der Waals surface area contributed by atoms with Crippen LogP contribution in [0.3, 0.4) is 0 Å². The summed E-state index contributed by atoms with van der Waals surface area (Å²) in [4.78, 5) is 16.6. The van der Waals surface area contributed by atoms with Crippen LogP contribution < -0.4 is 10.2 Å². The van der Waals surface area contributed by atoms with Gasteiger partial charge in [-0.15, -0.1) is 0 Å². The summed E-state index contributed by atoms with van der Waals surface area (Å²) in [6.07, 6.45) is 2.34. The van der Waals surface area contributed by atoms with Gasteiger partial charge in [0.15, 0.2) is 0 Å². The third-order valence-electron chi connectivity index (χ3n) is 5.12. The monoisotopic (exact) mass is 387 g/mol. The summed E-state index contributed by atoms with van der Waals surface area (Å²) in [6, 6.07) is 6.53. The number of nitrogens with one attached hydrogen (secondary N) is 2. The smallest absolute Gasteiger partial charge is 0.223 e. The topological polar surface area (TPSA) is 64.3 Å². The van der Waals surface area contributed by atoms with E-state index in [1.165, 1.54) is 12.1 Å². The summed E-state index contributed by atoms with van der Waals surface area (Å²) in [7, 11) is 0. The molecule has 1 fully saturated rings. The van der Waals surface area contributed by atoms with Gasteiger partial charge in [0.1, 0.15) is 5.82 Å². The molecular formula is C21H30FN5O. The van der Waals surface area contributed by atoms with Gasteiger partial charge in [-0.25, -0.2) is 4.39 Å². The van der Waals surface area contributed by atoms with Crippen molar-refractivity contribution in [1.82, 2.24) is 20.4 Å². The number of anilines is 1. The number of H-pyrrole nitrogens is 1. The fraction of sp³-hybridized carbons (Fsp3) is 0.524. The Morgan fingerprint density at radius 3 is 2.50 bits per heavy atom. The second-order valence-electron chi connectivity index (χ2n) is 8.29. The Labute approximate surface area is 166 Å². The second kappa shape index (κ2) is 8.73. The van der Waals surface area contributed by atoms with Crippen LogP contribution in [0.2, 0.25) is 0 Å². The fourth-order valence-electron chi connectivity index (χ4n) is 3.54. The van der Waals surface area contributed by atoms with Crippen LogP contribution in [0.4, 0.5) is 10.1 Å². The molecule has 0 unspecified atom stereocenters. The van der Waals surface area contributed by atoms with Crippen molar-refractivity contribution in [2.45, 2.75) is 39.2 Å². The first-order valence-electron chi connectivity index (χ1n) is 9.86. The average Bonchev–Trinajstić information content (AvgIpc) is 3.15. The molecule has 2 N–H and O–H groups in total. The molecule has 0 aliphatic carbocycles. The highest BCUT2D eigenvalue weighted by atomic mass is 19.1. The van der Waals surface area contributed by atoms with E-state index in [1.807, 2.05) is 11.1 Å². The van der Waals surface area contributed by atoms with E-state index in [1.54, 1.807) is 12.1 Å². The largest absolute Gasteiger partial charge is 0.368 e. The highest BCUT2D eigenvalue weighted by molar-refractivity contribution is 5.76. The number of carbonyl (C=O) groups excluding carboxylic acids is 1. The van der Waals surface area contributed by atoms with Gasteiger partial charge in [0.05, 0.1) is 6.20 Å². The predicted molar refractivity (Wildman–Crippen MR) is 109 cm³/mol. The van der Waals surface area contributed by atoms with Crippen LogP contribution in [-0.4, -0.2) is 53.7 Å². The molecule has 2 aromatic rings. The number of aromatic amines is 1. The average molecular weight is 388 g/mol. The molecule has 6 nitrogen and oxygen atoms in total. The molecular weight excluding hydrogens is 357 g/mol. The van der Waals surface area contributed by atoms with Crippen LogP contribution in [0, 0.1) is 5.82 Å². The summed E-state index contributed by atoms with van der Waals surface area (Å²) < 4.78 is 13.1. The van der Waals surface area contributed by atoms with Gasteiger partial charge in [-0.05, 0) is 24.3 Å². The van der Waals surface area contributed by atoms with E-state index >= 15 is 0 Å². The van der Waals surface area contributed by atoms with Crippen LogP contribution in [0.15, 0.2) is 30.5 Å². The SMILES string of the molecule is CC(C)(C)c1[nH]ncc1CNCCC(=O)N1CCN(c2ccc(F)cc2)CC1. The molecule has 0 radical (unpaired) electrons. The third kappa shape index (κ3) is 5.10. The molecule has 1 saturated heterocycles. The lowest BCUT2D eigenvalue weighted by Crippen LogP contribution is -2.49. The lowest BCUT2D eigenvalue weighted by molar-refractivity contribution is -0.131. The molecule has 3 rings (SSSR count). The number of hydrogen-bond acceptors (Lipinski definition) is 4. The zero-order chi connectivity index (χ0) is 20.1. The zero-order valence-electron chi connectivity index (χ0n) is 17.0. The minimum Gasteiger partial charge on any atom is -0.368 e. The van der Waals surface area contributed by atoms with Crippen molar-refractivity contribution in [3.8, 4) is 0 Å². The van der Waals surface area contributed by atoms with Gasteiger partial charge < -0.3 is 15.1 Å². The quantitative estimate of drug-likeness (QED) is 0.748. The van der Waals surface area contributed by atoms with E-state index in [-0.39, 0.29) is 17.1 Å². The molecule has 1 aliphatic rings. The summed E-state index contributed by atoms with van der Waals surface area (Å²) in [5.41, 5.74) is 3.30. The number of hydrogen-bond donors (Lipinski definition) is 2. The Hall–Kier alpha value is -2.41. The number of rotatable bonds is 6. The normalized spacial score (nSPS) is 15.1. The molecule has 0 spiro atoms. The van der Waals surface area contributed by atoms with Gasteiger partial charge in [0.2, 0.25) is 5.91 Å². The number of carbonyl (C=O) groups is 1. The molecule has 1 amide bonds. The Morgan fingerprint density at radius 2 is 1.86 bits per heavy atom. The maximum Gasteiger partial charge on any atom is 0.223 e. The van der Waals surface area contributed by atoms with Crippen LogP contribution in [-0.2, 0) is 16.8 Å². The molecule has 1 aromatic heterocycles. The maximum absolute atomic E-state index is 13.1. The van der Waals surface area contributed by atoms with E-state index in [2.05, 4.69) is 41.2 Å². The van der Waals surface area contributed by atoms with Crippen molar-refractivity contribution in [3.63, 3.8) is 0 Å². The molecule has 0 bridgehead atoms. The minimum atomic E-state index is -0.227. The van der Waals surface area contributed by atoms with Gasteiger partial charge in [-0.3, -0.25) is 9.89 Å². The van der Waals surface area contributed by atoms with Crippen LogP contribution in [0.1, 0.15) is 38.4 Å². The van der Waals surface area contributed by atoms with Crippen molar-refractivity contribution in [2.75, 3.05) is 37.6 Å². The first-order valence-corrected chi connectivity index (χ1v) is 9.86. The van der Waals surface area contributed by atoms with Crippen molar-refractivity contribution in [3.05, 3.63) is 47.5 Å². The van der Waals surface area contributed by atoms with E-state index in [0.717, 1.165) is 30.0 Å². The van der Waals surface area contributed by atoms with E-state index in [0.29, 0.717) is 32.6 Å². The van der Waals surface area contributed by atoms with E-state index < -0.39 is 0 Å². The van der Waals surface area contributed by atoms with E-state index in [9.17, 15) is 9.18 Å². The maximum atomic E-state index is 13.1. The highest BCUT2D eigenvalue weighted by Gasteiger charge is 2.22. The van der Waals surface area contributed by atoms with Crippen LogP contribution in [0.5, 0.6) is 0 Å². The zero-order valence-corrected chi connectivity index (χ0v) is 17.0. The fourth-order valence-corrected chi connectivity index (χ4v) is 3.54. The van der Waals surface area contributed by atoms with Crippen LogP contribution in [0.25, 0.3) is 0 Å². The lowest BCUT2D eigenvalue weighted by Gasteiger charge is -2.36. The Kier molecular flexibility index (Phi) is 6.34. The second-order valence-corrected chi connectivity index (χ2v) is 8.29. The third-order valence-corrected chi connectivity index (χ3v) is 5.12. The standard InChI is InChI=1S/C21H30FN5O/c1-21(2,3)20-16(15-24-25-20)14-23-9-8-19(28)27-12-10-26(11-13-27)18-6-4-17(22)5-7-18/h4-7,15,23H,8-14H2,1-3H3,(H,24,25). The molecule has 7 heteroatoms. The molecule has 28 heavy (non-hydrogen) atoms. The first-order chi connectivity index (χ1) is 13.3. The van der Waals surface area contributed by atoms with Crippen molar-refractivity contribution < 1.29 is 9.18 Å². The molecule has 0 atom stereocenters. The number of piperazine rings is 1. The van der Waals surface area contributed by atoms with E-state index in [4.69, 9.17) is 0 Å². The number of benzene rings is 1. The lowest BCUT2D eigenvalue weighted by atomic mass is 9.89. The molecule has 2 heterocycles. The van der Waals surface area contributed by atoms with Crippen molar-refractivity contribution >= 4 is 11.6 Å². The van der Waals surface area contributed by atoms with Gasteiger partial charge in [0.25, 0.3) is 0 Å². The molecule has 152 valence electrons. The number of nitrogens with zero attached hydrogens (tertiary/aromatic N) is 3. The summed E-state index contributed by atoms with van der Waals surface area (Å²) in [5, 5.41) is 10.6. The van der Waals surface area contributed by atoms with Gasteiger partial charge in [-0.2, -0.15) is 5.10 Å². The number of aromatic nitrogens is 2. The summed E-state index contributed by atoms with van der Waals surface area (Å²) in [5.74, 6) is -0.0513. The predicted octanol–water partition coefficient (Wildman–Crippen LogP) is 2.67. The van der Waals surface area contributed by atoms with Gasteiger partial charge >= 0.3 is 0 Å². The Bertz CT molecular complexity index is 773. The summed E-state index contributed by atoms with van der Waals surface area (Å²) >= 11 is 0. The molecule has 1 aromatic carbocycles. The molecule has 0 saturated carbocycles. The summed E-state index contributed by atoms with van der Waals surface area (Å²) in [6.45, 7) is 10.7. The van der Waals surface area contributed by atoms with Crippen molar-refractivity contribution in [1.29, 1.82) is 0 Å². The Balaban J connectivity index is 1.39. The number of halogens is 1. The number of amides is 1. The minimum absolute atomic E-state index is 0.0214. The highest BCUT2D eigenvalue weighted by Crippen LogP contribution is 2.23. The van der Waals surface area contributed by atoms with Crippen LogP contribution >= 0.6 is 0 Å². The van der Waals surface area contributed by atoms with Gasteiger partial charge in [-0.1, -0.05) is 20.8 Å². The molecule has 1 aliphatic heterocycles. The van der Waals surface area contributed by atoms with Gasteiger partial charge in [0, 0.05) is 68.0 Å². The van der Waals surface area contributed by atoms with Crippen molar-refractivity contribution in [2.24, 2.45) is 0 Å². The first kappa shape index (κ1) is 20.3.